The smallest absolute Gasteiger partial charge is 0.223 e. The molecule has 0 aromatic heterocycles. The zero-order chi connectivity index (χ0) is 18.5. The van der Waals surface area contributed by atoms with E-state index in [1.807, 2.05) is 43.3 Å². The van der Waals surface area contributed by atoms with E-state index < -0.39 is 12.2 Å². The summed E-state index contributed by atoms with van der Waals surface area (Å²) < 4.78 is 5.79. The number of benzene rings is 1. The van der Waals surface area contributed by atoms with Gasteiger partial charge in [-0.1, -0.05) is 42.5 Å². The SMILES string of the molecule is C[C@@H](NC(=O)C[C@@H]1C=C[C@H](NC(=O)C2CC2)[C@@H](CO)O1)c1ccccc1. The van der Waals surface area contributed by atoms with Gasteiger partial charge in [0.25, 0.3) is 0 Å². The highest BCUT2D eigenvalue weighted by molar-refractivity contribution is 5.81. The molecule has 1 aliphatic carbocycles. The Labute approximate surface area is 153 Å². The van der Waals surface area contributed by atoms with Crippen LogP contribution in [0.25, 0.3) is 0 Å². The third-order valence-electron chi connectivity index (χ3n) is 4.78. The molecule has 1 heterocycles. The van der Waals surface area contributed by atoms with E-state index in [1.54, 1.807) is 6.08 Å². The van der Waals surface area contributed by atoms with E-state index in [1.165, 1.54) is 0 Å². The van der Waals surface area contributed by atoms with E-state index in [4.69, 9.17) is 4.74 Å². The van der Waals surface area contributed by atoms with Crippen LogP contribution in [0.15, 0.2) is 42.5 Å². The molecule has 2 aliphatic rings. The number of hydrogen-bond donors (Lipinski definition) is 3. The predicted octanol–water partition coefficient (Wildman–Crippen LogP) is 1.46. The molecule has 1 aromatic rings. The molecule has 0 unspecified atom stereocenters. The number of nitrogens with one attached hydrogen (secondary N) is 2. The fourth-order valence-electron chi connectivity index (χ4n) is 3.07. The average Bonchev–Trinajstić information content (AvgIpc) is 3.48. The fraction of sp³-hybridized carbons (Fsp3) is 0.500. The summed E-state index contributed by atoms with van der Waals surface area (Å²) in [4.78, 5) is 24.2. The van der Waals surface area contributed by atoms with Crippen LogP contribution in [0.4, 0.5) is 0 Å². The van der Waals surface area contributed by atoms with Gasteiger partial charge in [-0.15, -0.1) is 0 Å². The fourth-order valence-corrected chi connectivity index (χ4v) is 3.07. The number of amides is 2. The Hall–Kier alpha value is -2.18. The molecule has 1 fully saturated rings. The van der Waals surface area contributed by atoms with Crippen molar-refractivity contribution in [3.8, 4) is 0 Å². The second-order valence-corrected chi connectivity index (χ2v) is 6.99. The van der Waals surface area contributed by atoms with Gasteiger partial charge in [0.1, 0.15) is 6.10 Å². The van der Waals surface area contributed by atoms with Crippen LogP contribution >= 0.6 is 0 Å². The van der Waals surface area contributed by atoms with Gasteiger partial charge in [0.15, 0.2) is 0 Å². The van der Waals surface area contributed by atoms with E-state index in [0.29, 0.717) is 0 Å². The van der Waals surface area contributed by atoms with Gasteiger partial charge >= 0.3 is 0 Å². The van der Waals surface area contributed by atoms with Crippen LogP contribution < -0.4 is 10.6 Å². The summed E-state index contributed by atoms with van der Waals surface area (Å²) in [7, 11) is 0. The first kappa shape index (κ1) is 18.6. The number of hydrogen-bond acceptors (Lipinski definition) is 4. The highest BCUT2D eigenvalue weighted by Gasteiger charge is 2.34. The molecule has 6 heteroatoms. The number of carbonyl (C=O) groups is 2. The van der Waals surface area contributed by atoms with Crippen LogP contribution in [0.3, 0.4) is 0 Å². The summed E-state index contributed by atoms with van der Waals surface area (Å²) in [5.74, 6) is -0.00606. The summed E-state index contributed by atoms with van der Waals surface area (Å²) in [6.45, 7) is 1.73. The van der Waals surface area contributed by atoms with Gasteiger partial charge in [-0.2, -0.15) is 0 Å². The third-order valence-corrected chi connectivity index (χ3v) is 4.78. The van der Waals surface area contributed by atoms with Gasteiger partial charge in [0.2, 0.25) is 11.8 Å². The Balaban J connectivity index is 1.51. The Morgan fingerprint density at radius 2 is 1.96 bits per heavy atom. The Bertz CT molecular complexity index is 657. The van der Waals surface area contributed by atoms with Crippen molar-refractivity contribution in [1.82, 2.24) is 10.6 Å². The summed E-state index contributed by atoms with van der Waals surface area (Å²) in [6, 6.07) is 9.31. The largest absolute Gasteiger partial charge is 0.394 e. The third kappa shape index (κ3) is 4.93. The Morgan fingerprint density at radius 3 is 2.62 bits per heavy atom. The van der Waals surface area contributed by atoms with Crippen molar-refractivity contribution >= 4 is 11.8 Å². The first-order valence-corrected chi connectivity index (χ1v) is 9.16. The van der Waals surface area contributed by atoms with Crippen LogP contribution in [0.5, 0.6) is 0 Å². The first-order chi connectivity index (χ1) is 12.6. The molecule has 1 aromatic carbocycles. The van der Waals surface area contributed by atoms with Gasteiger partial charge in [0.05, 0.1) is 31.2 Å². The second kappa shape index (κ2) is 8.47. The molecule has 4 atom stereocenters. The Kier molecular flexibility index (Phi) is 6.06. The first-order valence-electron chi connectivity index (χ1n) is 9.16. The van der Waals surface area contributed by atoms with Crippen LogP contribution in [0.1, 0.15) is 37.8 Å². The molecule has 0 radical (unpaired) electrons. The molecular weight excluding hydrogens is 332 g/mol. The topological polar surface area (TPSA) is 87.7 Å². The van der Waals surface area contributed by atoms with Crippen LogP contribution in [-0.2, 0) is 14.3 Å². The lowest BCUT2D eigenvalue weighted by molar-refractivity contribution is -0.129. The van der Waals surface area contributed by atoms with Gasteiger partial charge < -0.3 is 20.5 Å². The molecule has 6 nitrogen and oxygen atoms in total. The maximum atomic E-state index is 12.3. The zero-order valence-corrected chi connectivity index (χ0v) is 14.9. The maximum absolute atomic E-state index is 12.3. The van der Waals surface area contributed by atoms with E-state index in [9.17, 15) is 14.7 Å². The molecule has 1 aliphatic heterocycles. The molecule has 0 bridgehead atoms. The molecule has 0 spiro atoms. The summed E-state index contributed by atoms with van der Waals surface area (Å²) >= 11 is 0. The van der Waals surface area contributed by atoms with Crippen molar-refractivity contribution < 1.29 is 19.4 Å². The van der Waals surface area contributed by atoms with Crippen molar-refractivity contribution in [2.75, 3.05) is 6.61 Å². The lowest BCUT2D eigenvalue weighted by Gasteiger charge is -2.32. The molecular formula is C20H26N2O4. The normalized spacial score (nSPS) is 26.2. The lowest BCUT2D eigenvalue weighted by Crippen LogP contribution is -2.49. The quantitative estimate of drug-likeness (QED) is 0.644. The van der Waals surface area contributed by atoms with Crippen molar-refractivity contribution in [1.29, 1.82) is 0 Å². The number of rotatable bonds is 7. The molecule has 0 saturated heterocycles. The number of aliphatic hydroxyl groups is 1. The predicted molar refractivity (Wildman–Crippen MR) is 97.2 cm³/mol. The average molecular weight is 358 g/mol. The van der Waals surface area contributed by atoms with Crippen molar-refractivity contribution in [2.45, 2.75) is 50.5 Å². The van der Waals surface area contributed by atoms with Crippen LogP contribution in [0.2, 0.25) is 0 Å². The van der Waals surface area contributed by atoms with Crippen molar-refractivity contribution in [3.63, 3.8) is 0 Å². The molecule has 3 N–H and O–H groups in total. The van der Waals surface area contributed by atoms with Crippen LogP contribution in [0, 0.1) is 5.92 Å². The second-order valence-electron chi connectivity index (χ2n) is 6.99. The van der Waals surface area contributed by atoms with E-state index in [0.717, 1.165) is 18.4 Å². The summed E-state index contributed by atoms with van der Waals surface area (Å²) in [5.41, 5.74) is 1.04. The zero-order valence-electron chi connectivity index (χ0n) is 14.9. The molecule has 140 valence electrons. The molecule has 26 heavy (non-hydrogen) atoms. The van der Waals surface area contributed by atoms with Gasteiger partial charge in [-0.3, -0.25) is 9.59 Å². The number of ether oxygens (including phenoxy) is 1. The van der Waals surface area contributed by atoms with Gasteiger partial charge in [-0.05, 0) is 25.3 Å². The van der Waals surface area contributed by atoms with Gasteiger partial charge in [-0.25, -0.2) is 0 Å². The summed E-state index contributed by atoms with van der Waals surface area (Å²) in [6.07, 6.45) is 4.69. The standard InChI is InChI=1S/C20H26N2O4/c1-13(14-5-3-2-4-6-14)21-19(24)11-16-9-10-17(18(12-23)26-16)22-20(25)15-7-8-15/h2-6,9-10,13,15-18,23H,7-8,11-12H2,1H3,(H,21,24)(H,22,25)/t13-,16+,17+,18-/m1/s1. The van der Waals surface area contributed by atoms with Crippen LogP contribution in [-0.4, -0.2) is 41.8 Å². The molecule has 1 saturated carbocycles. The maximum Gasteiger partial charge on any atom is 0.223 e. The molecule has 2 amide bonds. The van der Waals surface area contributed by atoms with Crippen molar-refractivity contribution in [2.24, 2.45) is 5.92 Å². The minimum Gasteiger partial charge on any atom is -0.394 e. The number of aliphatic hydroxyl groups excluding tert-OH is 1. The highest BCUT2D eigenvalue weighted by Crippen LogP contribution is 2.29. The van der Waals surface area contributed by atoms with Gasteiger partial charge in [0, 0.05) is 5.92 Å². The minimum absolute atomic E-state index is 0.00887. The van der Waals surface area contributed by atoms with Crippen molar-refractivity contribution in [3.05, 3.63) is 48.0 Å². The minimum atomic E-state index is -0.535. The molecule has 3 rings (SSSR count). The summed E-state index contributed by atoms with van der Waals surface area (Å²) in [5, 5.41) is 15.4. The van der Waals surface area contributed by atoms with E-state index in [2.05, 4.69) is 10.6 Å². The highest BCUT2D eigenvalue weighted by atomic mass is 16.5. The lowest BCUT2D eigenvalue weighted by atomic mass is 10.0. The number of carbonyl (C=O) groups excluding carboxylic acids is 2. The monoisotopic (exact) mass is 358 g/mol. The Morgan fingerprint density at radius 1 is 1.23 bits per heavy atom. The van der Waals surface area contributed by atoms with E-state index in [-0.39, 0.29) is 42.8 Å². The van der Waals surface area contributed by atoms with E-state index >= 15 is 0 Å².